The lowest BCUT2D eigenvalue weighted by molar-refractivity contribution is 0.299. The maximum Gasteiger partial charge on any atom is 0.115 e. The van der Waals surface area contributed by atoms with Crippen LogP contribution in [-0.4, -0.2) is 18.5 Å². The third-order valence-electron chi connectivity index (χ3n) is 3.88. The summed E-state index contributed by atoms with van der Waals surface area (Å²) in [6.45, 7) is 10.3. The standard InChI is InChI=1S/C15H16ClNS.C4H5F/c1-10-5-3-4-6-11(10)13-8-17(2)9-14-12(13)7-15(16)18-14;1-3-4(2)5/h3-7,13H,8-9H2,1-2H3;3H,1-2H2. The predicted molar refractivity (Wildman–Crippen MR) is 99.1 cm³/mol. The van der Waals surface area contributed by atoms with Gasteiger partial charge in [0, 0.05) is 23.9 Å². The summed E-state index contributed by atoms with van der Waals surface area (Å²) in [5.74, 6) is -0.0197. The molecule has 1 atom stereocenters. The number of hydrogen-bond acceptors (Lipinski definition) is 2. The molecule has 0 N–H and O–H groups in total. The quantitative estimate of drug-likeness (QED) is 0.606. The van der Waals surface area contributed by atoms with E-state index in [4.69, 9.17) is 11.6 Å². The number of halogens is 2. The average Bonchev–Trinajstić information content (AvgIpc) is 2.87. The number of nitrogens with zero attached hydrogens (tertiary/aromatic N) is 1. The van der Waals surface area contributed by atoms with Gasteiger partial charge in [-0.3, -0.25) is 0 Å². The minimum absolute atomic E-state index is 0.462. The second-order valence-corrected chi connectivity index (χ2v) is 7.45. The maximum absolute atomic E-state index is 11.1. The van der Waals surface area contributed by atoms with Crippen LogP contribution < -0.4 is 0 Å². The molecule has 0 radical (unpaired) electrons. The van der Waals surface area contributed by atoms with Crippen LogP contribution in [0.5, 0.6) is 0 Å². The molecule has 122 valence electrons. The Morgan fingerprint density at radius 2 is 2.04 bits per heavy atom. The fourth-order valence-corrected chi connectivity index (χ4v) is 4.21. The molecular weight excluding hydrogens is 329 g/mol. The predicted octanol–water partition coefficient (Wildman–Crippen LogP) is 5.94. The van der Waals surface area contributed by atoms with E-state index in [0.717, 1.165) is 23.5 Å². The largest absolute Gasteiger partial charge is 0.300 e. The first-order valence-corrected chi connectivity index (χ1v) is 8.60. The van der Waals surface area contributed by atoms with E-state index in [0.29, 0.717) is 5.92 Å². The summed E-state index contributed by atoms with van der Waals surface area (Å²) in [6.07, 6.45) is 1.06. The molecule has 0 saturated carbocycles. The number of benzene rings is 1. The highest BCUT2D eigenvalue weighted by Gasteiger charge is 2.27. The van der Waals surface area contributed by atoms with E-state index in [-0.39, 0.29) is 0 Å². The maximum atomic E-state index is 11.1. The van der Waals surface area contributed by atoms with Gasteiger partial charge >= 0.3 is 0 Å². The number of rotatable bonds is 2. The van der Waals surface area contributed by atoms with Gasteiger partial charge < -0.3 is 4.90 Å². The zero-order valence-electron chi connectivity index (χ0n) is 13.5. The van der Waals surface area contributed by atoms with Crippen molar-refractivity contribution in [2.45, 2.75) is 19.4 Å². The Labute approximate surface area is 146 Å². The van der Waals surface area contributed by atoms with Crippen LogP contribution in [0, 0.1) is 6.92 Å². The lowest BCUT2D eigenvalue weighted by Gasteiger charge is -2.31. The molecule has 3 rings (SSSR count). The third kappa shape index (κ3) is 4.54. The van der Waals surface area contributed by atoms with Crippen molar-refractivity contribution in [2.24, 2.45) is 0 Å². The number of aryl methyl sites for hydroxylation is 1. The van der Waals surface area contributed by atoms with Gasteiger partial charge in [-0.25, -0.2) is 4.39 Å². The first-order valence-electron chi connectivity index (χ1n) is 7.41. The van der Waals surface area contributed by atoms with E-state index >= 15 is 0 Å². The molecule has 0 spiro atoms. The Morgan fingerprint density at radius 3 is 2.65 bits per heavy atom. The highest BCUT2D eigenvalue weighted by molar-refractivity contribution is 7.16. The minimum atomic E-state index is -0.481. The van der Waals surface area contributed by atoms with Crippen LogP contribution in [0.1, 0.15) is 27.5 Å². The molecule has 0 saturated heterocycles. The molecule has 23 heavy (non-hydrogen) atoms. The molecule has 1 aromatic carbocycles. The first kappa shape index (κ1) is 17.9. The van der Waals surface area contributed by atoms with Crippen LogP contribution in [0.2, 0.25) is 4.34 Å². The normalized spacial score (nSPS) is 17.0. The molecule has 0 aliphatic carbocycles. The molecule has 2 aromatic rings. The summed E-state index contributed by atoms with van der Waals surface area (Å²) in [5, 5.41) is 0. The van der Waals surface area contributed by atoms with Crippen LogP contribution in [-0.2, 0) is 6.54 Å². The lowest BCUT2D eigenvalue weighted by Crippen LogP contribution is -2.30. The van der Waals surface area contributed by atoms with Crippen LogP contribution in [0.4, 0.5) is 4.39 Å². The number of fused-ring (bicyclic) bond motifs is 1. The topological polar surface area (TPSA) is 3.24 Å². The number of allylic oxidation sites excluding steroid dienone is 2. The molecule has 2 heterocycles. The Balaban J connectivity index is 0.000000338. The van der Waals surface area contributed by atoms with Crippen molar-refractivity contribution in [3.63, 3.8) is 0 Å². The van der Waals surface area contributed by atoms with Crippen molar-refractivity contribution in [3.8, 4) is 0 Å². The van der Waals surface area contributed by atoms with E-state index in [1.165, 1.54) is 21.6 Å². The van der Waals surface area contributed by atoms with Gasteiger partial charge in [0.1, 0.15) is 5.83 Å². The van der Waals surface area contributed by atoms with Crippen LogP contribution in [0.25, 0.3) is 0 Å². The zero-order chi connectivity index (χ0) is 17.0. The Hall–Kier alpha value is -1.42. The molecule has 1 aliphatic rings. The first-order chi connectivity index (χ1) is 10.9. The Morgan fingerprint density at radius 1 is 1.39 bits per heavy atom. The van der Waals surface area contributed by atoms with Gasteiger partial charge in [-0.05, 0) is 42.8 Å². The average molecular weight is 350 g/mol. The van der Waals surface area contributed by atoms with Crippen molar-refractivity contribution >= 4 is 22.9 Å². The second-order valence-electron chi connectivity index (χ2n) is 5.69. The van der Waals surface area contributed by atoms with Crippen molar-refractivity contribution in [1.29, 1.82) is 0 Å². The minimum Gasteiger partial charge on any atom is -0.300 e. The van der Waals surface area contributed by atoms with Crippen molar-refractivity contribution in [1.82, 2.24) is 4.90 Å². The molecule has 0 amide bonds. The van der Waals surface area contributed by atoms with Gasteiger partial charge in [0.2, 0.25) is 0 Å². The SMILES string of the molecule is C=CC(=C)F.Cc1ccccc1C1CN(C)Cc2sc(Cl)cc21. The summed E-state index contributed by atoms with van der Waals surface area (Å²) in [7, 11) is 2.18. The zero-order valence-corrected chi connectivity index (χ0v) is 15.1. The third-order valence-corrected chi connectivity index (χ3v) is 5.14. The molecule has 1 aliphatic heterocycles. The van der Waals surface area contributed by atoms with E-state index in [9.17, 15) is 4.39 Å². The smallest absolute Gasteiger partial charge is 0.115 e. The Kier molecular flexibility index (Phi) is 6.17. The van der Waals surface area contributed by atoms with Crippen molar-refractivity contribution in [3.05, 3.63) is 81.3 Å². The number of likely N-dealkylation sites (N-methyl/N-ethyl adjacent to an activating group) is 1. The van der Waals surface area contributed by atoms with E-state index < -0.39 is 5.83 Å². The molecule has 1 unspecified atom stereocenters. The number of thiophene rings is 1. The monoisotopic (exact) mass is 349 g/mol. The van der Waals surface area contributed by atoms with Crippen molar-refractivity contribution in [2.75, 3.05) is 13.6 Å². The molecule has 0 fully saturated rings. The molecule has 1 aromatic heterocycles. The summed E-state index contributed by atoms with van der Waals surface area (Å²) >= 11 is 7.91. The highest BCUT2D eigenvalue weighted by atomic mass is 35.5. The molecule has 0 bridgehead atoms. The van der Waals surface area contributed by atoms with E-state index in [1.54, 1.807) is 11.3 Å². The fraction of sp³-hybridized carbons (Fsp3) is 0.263. The van der Waals surface area contributed by atoms with Gasteiger partial charge in [-0.2, -0.15) is 0 Å². The lowest BCUT2D eigenvalue weighted by atomic mass is 9.86. The van der Waals surface area contributed by atoms with E-state index in [1.807, 2.05) is 0 Å². The summed E-state index contributed by atoms with van der Waals surface area (Å²) in [6, 6.07) is 10.8. The molecule has 4 heteroatoms. The van der Waals surface area contributed by atoms with Gasteiger partial charge in [-0.1, -0.05) is 49.0 Å². The summed E-state index contributed by atoms with van der Waals surface area (Å²) in [5.41, 5.74) is 4.23. The number of hydrogen-bond donors (Lipinski definition) is 0. The Bertz CT molecular complexity index is 707. The van der Waals surface area contributed by atoms with Gasteiger partial charge in [0.05, 0.1) is 4.34 Å². The van der Waals surface area contributed by atoms with Gasteiger partial charge in [0.15, 0.2) is 0 Å². The van der Waals surface area contributed by atoms with Gasteiger partial charge in [-0.15, -0.1) is 11.3 Å². The van der Waals surface area contributed by atoms with E-state index in [2.05, 4.69) is 62.4 Å². The molecular formula is C19H21ClFNS. The van der Waals surface area contributed by atoms with Crippen LogP contribution >= 0.6 is 22.9 Å². The summed E-state index contributed by atoms with van der Waals surface area (Å²) in [4.78, 5) is 3.80. The molecule has 1 nitrogen and oxygen atoms in total. The van der Waals surface area contributed by atoms with Crippen LogP contribution in [0.3, 0.4) is 0 Å². The second kappa shape index (κ2) is 7.91. The highest BCUT2D eigenvalue weighted by Crippen LogP contribution is 2.40. The van der Waals surface area contributed by atoms with Gasteiger partial charge in [0.25, 0.3) is 0 Å². The summed E-state index contributed by atoms with van der Waals surface area (Å²) < 4.78 is 12.0. The van der Waals surface area contributed by atoms with Crippen LogP contribution in [0.15, 0.2) is 55.4 Å². The van der Waals surface area contributed by atoms with Crippen molar-refractivity contribution < 1.29 is 4.39 Å². The fourth-order valence-electron chi connectivity index (χ4n) is 2.79.